The van der Waals surface area contributed by atoms with Crippen molar-refractivity contribution in [2.45, 2.75) is 39.5 Å². The first-order valence-electron chi connectivity index (χ1n) is 9.44. The zero-order valence-corrected chi connectivity index (χ0v) is 16.4. The minimum atomic E-state index is -0.866. The van der Waals surface area contributed by atoms with Gasteiger partial charge >= 0.3 is 11.6 Å². The van der Waals surface area contributed by atoms with Gasteiger partial charge in [0.2, 0.25) is 5.91 Å². The van der Waals surface area contributed by atoms with Crippen molar-refractivity contribution in [1.82, 2.24) is 4.90 Å². The number of nitrogens with zero attached hydrogens (tertiary/aromatic N) is 1. The highest BCUT2D eigenvalue weighted by atomic mass is 16.5. The standard InChI is InChI=1S/C21H25NO6/c1-12-15-6-8-17(27-3)13(2)19(15)28-21(26)16(12)7-9-18(23)22-10-4-5-14(11-22)20(24)25/h6,8,14H,4-5,7,9-11H2,1-3H3,(H,24,25)/t14-/m0/s1. The maximum absolute atomic E-state index is 12.5. The molecule has 1 fully saturated rings. The van der Waals surface area contributed by atoms with E-state index in [1.54, 1.807) is 12.0 Å². The number of aliphatic carboxylic acids is 1. The average Bonchev–Trinajstić information content (AvgIpc) is 2.68. The van der Waals surface area contributed by atoms with Crippen LogP contribution < -0.4 is 10.4 Å². The molecule has 0 aliphatic carbocycles. The van der Waals surface area contributed by atoms with Gasteiger partial charge in [-0.2, -0.15) is 0 Å². The third-order valence-corrected chi connectivity index (χ3v) is 5.59. The van der Waals surface area contributed by atoms with E-state index in [1.165, 1.54) is 0 Å². The van der Waals surface area contributed by atoms with Gasteiger partial charge in [0.25, 0.3) is 0 Å². The summed E-state index contributed by atoms with van der Waals surface area (Å²) in [5, 5.41) is 10.0. The lowest BCUT2D eigenvalue weighted by molar-refractivity contribution is -0.145. The molecule has 1 N–H and O–H groups in total. The van der Waals surface area contributed by atoms with Crippen molar-refractivity contribution in [3.05, 3.63) is 39.2 Å². The van der Waals surface area contributed by atoms with Crippen molar-refractivity contribution < 1.29 is 23.8 Å². The number of carbonyl (C=O) groups excluding carboxylic acids is 1. The van der Waals surface area contributed by atoms with Gasteiger partial charge in [0, 0.05) is 36.0 Å². The number of rotatable bonds is 5. The van der Waals surface area contributed by atoms with E-state index in [9.17, 15) is 19.5 Å². The number of carboxylic acids is 1. The van der Waals surface area contributed by atoms with Gasteiger partial charge in [-0.25, -0.2) is 4.79 Å². The Morgan fingerprint density at radius 1 is 1.29 bits per heavy atom. The van der Waals surface area contributed by atoms with Crippen molar-refractivity contribution >= 4 is 22.8 Å². The van der Waals surface area contributed by atoms with Crippen molar-refractivity contribution in [3.63, 3.8) is 0 Å². The Labute approximate surface area is 162 Å². The third-order valence-electron chi connectivity index (χ3n) is 5.59. The fourth-order valence-electron chi connectivity index (χ4n) is 3.88. The van der Waals surface area contributed by atoms with Gasteiger partial charge in [-0.1, -0.05) is 0 Å². The normalized spacial score (nSPS) is 17.0. The van der Waals surface area contributed by atoms with E-state index in [0.29, 0.717) is 36.3 Å². The Kier molecular flexibility index (Phi) is 5.72. The summed E-state index contributed by atoms with van der Waals surface area (Å²) in [4.78, 5) is 37.9. The molecule has 0 radical (unpaired) electrons. The summed E-state index contributed by atoms with van der Waals surface area (Å²) >= 11 is 0. The number of carbonyl (C=O) groups is 2. The van der Waals surface area contributed by atoms with Crippen molar-refractivity contribution in [2.24, 2.45) is 5.92 Å². The largest absolute Gasteiger partial charge is 0.496 e. The second-order valence-electron chi connectivity index (χ2n) is 7.28. The van der Waals surface area contributed by atoms with Crippen LogP contribution in [0.1, 0.15) is 36.0 Å². The first-order chi connectivity index (χ1) is 13.3. The number of benzene rings is 1. The van der Waals surface area contributed by atoms with E-state index in [2.05, 4.69) is 0 Å². The van der Waals surface area contributed by atoms with Crippen LogP contribution in [0.25, 0.3) is 11.0 Å². The first-order valence-corrected chi connectivity index (χ1v) is 9.44. The van der Waals surface area contributed by atoms with Crippen molar-refractivity contribution in [1.29, 1.82) is 0 Å². The third kappa shape index (κ3) is 3.74. The number of aryl methyl sites for hydroxylation is 2. The van der Waals surface area contributed by atoms with E-state index in [-0.39, 0.29) is 25.3 Å². The summed E-state index contributed by atoms with van der Waals surface area (Å²) in [6.07, 6.45) is 1.69. The van der Waals surface area contributed by atoms with E-state index < -0.39 is 17.5 Å². The van der Waals surface area contributed by atoms with Crippen LogP contribution in [0.3, 0.4) is 0 Å². The summed E-state index contributed by atoms with van der Waals surface area (Å²) < 4.78 is 10.8. The molecule has 0 saturated carbocycles. The van der Waals surface area contributed by atoms with Crippen LogP contribution in [-0.2, 0) is 16.0 Å². The molecule has 0 unspecified atom stereocenters. The maximum atomic E-state index is 12.5. The Morgan fingerprint density at radius 2 is 2.04 bits per heavy atom. The number of hydrogen-bond donors (Lipinski definition) is 1. The number of fused-ring (bicyclic) bond motifs is 1. The first kappa shape index (κ1) is 19.9. The zero-order valence-electron chi connectivity index (χ0n) is 16.4. The van der Waals surface area contributed by atoms with Crippen molar-refractivity contribution in [2.75, 3.05) is 20.2 Å². The highest BCUT2D eigenvalue weighted by molar-refractivity contribution is 5.86. The van der Waals surface area contributed by atoms with Crippen LogP contribution in [0.15, 0.2) is 21.3 Å². The quantitative estimate of drug-likeness (QED) is 0.792. The molecule has 1 aromatic carbocycles. The molecule has 1 aromatic heterocycles. The molecule has 1 aliphatic heterocycles. The van der Waals surface area contributed by atoms with Crippen LogP contribution in [0, 0.1) is 19.8 Å². The minimum Gasteiger partial charge on any atom is -0.496 e. The lowest BCUT2D eigenvalue weighted by Crippen LogP contribution is -2.42. The fraction of sp³-hybridized carbons (Fsp3) is 0.476. The SMILES string of the molecule is COc1ccc2c(C)c(CCC(=O)N3CCC[C@H](C(=O)O)C3)c(=O)oc2c1C. The molecule has 7 nitrogen and oxygen atoms in total. The molecular formula is C21H25NO6. The highest BCUT2D eigenvalue weighted by Crippen LogP contribution is 2.29. The van der Waals surface area contributed by atoms with Crippen LogP contribution in [0.5, 0.6) is 5.75 Å². The Balaban J connectivity index is 1.80. The van der Waals surface area contributed by atoms with Gasteiger partial charge < -0.3 is 19.2 Å². The molecule has 2 aromatic rings. The molecule has 1 atom stereocenters. The number of amides is 1. The van der Waals surface area contributed by atoms with E-state index >= 15 is 0 Å². The molecule has 150 valence electrons. The highest BCUT2D eigenvalue weighted by Gasteiger charge is 2.28. The summed E-state index contributed by atoms with van der Waals surface area (Å²) in [5.74, 6) is -0.857. The number of ether oxygens (including phenoxy) is 1. The number of piperidine rings is 1. The number of likely N-dealkylation sites (tertiary alicyclic amines) is 1. The summed E-state index contributed by atoms with van der Waals surface area (Å²) in [6, 6.07) is 3.69. The molecule has 28 heavy (non-hydrogen) atoms. The topological polar surface area (TPSA) is 97.0 Å². The molecule has 2 heterocycles. The van der Waals surface area contributed by atoms with Crippen LogP contribution in [0.2, 0.25) is 0 Å². The molecular weight excluding hydrogens is 362 g/mol. The van der Waals surface area contributed by atoms with Gasteiger partial charge in [-0.3, -0.25) is 9.59 Å². The molecule has 0 bridgehead atoms. The van der Waals surface area contributed by atoms with Gasteiger partial charge in [0.1, 0.15) is 11.3 Å². The van der Waals surface area contributed by atoms with E-state index in [1.807, 2.05) is 26.0 Å². The van der Waals surface area contributed by atoms with Gasteiger partial charge in [-0.05, 0) is 50.8 Å². The zero-order chi connectivity index (χ0) is 20.4. The Hall–Kier alpha value is -2.83. The molecule has 1 amide bonds. The average molecular weight is 387 g/mol. The molecule has 1 aliphatic rings. The summed E-state index contributed by atoms with van der Waals surface area (Å²) in [5.41, 5.74) is 2.09. The second-order valence-corrected chi connectivity index (χ2v) is 7.28. The molecule has 1 saturated heterocycles. The maximum Gasteiger partial charge on any atom is 0.339 e. The Morgan fingerprint density at radius 3 is 2.71 bits per heavy atom. The minimum absolute atomic E-state index is 0.129. The van der Waals surface area contributed by atoms with Gasteiger partial charge in [-0.15, -0.1) is 0 Å². The van der Waals surface area contributed by atoms with Gasteiger partial charge in [0.05, 0.1) is 13.0 Å². The van der Waals surface area contributed by atoms with Crippen LogP contribution in [-0.4, -0.2) is 42.1 Å². The Bertz CT molecular complexity index is 977. The van der Waals surface area contributed by atoms with Crippen LogP contribution >= 0.6 is 0 Å². The van der Waals surface area contributed by atoms with Gasteiger partial charge in [0.15, 0.2) is 0 Å². The monoisotopic (exact) mass is 387 g/mol. The number of hydrogen-bond acceptors (Lipinski definition) is 5. The van der Waals surface area contributed by atoms with E-state index in [4.69, 9.17) is 9.15 Å². The predicted molar refractivity (Wildman–Crippen MR) is 104 cm³/mol. The molecule has 0 spiro atoms. The fourth-order valence-corrected chi connectivity index (χ4v) is 3.88. The molecule has 7 heteroatoms. The van der Waals surface area contributed by atoms with Crippen molar-refractivity contribution in [3.8, 4) is 5.75 Å². The lowest BCUT2D eigenvalue weighted by Gasteiger charge is -2.30. The second kappa shape index (κ2) is 8.04. The number of methoxy groups -OCH3 is 1. The molecule has 3 rings (SSSR count). The van der Waals surface area contributed by atoms with E-state index in [0.717, 1.165) is 16.5 Å². The lowest BCUT2D eigenvalue weighted by atomic mass is 9.97. The summed E-state index contributed by atoms with van der Waals surface area (Å²) in [6.45, 7) is 4.49. The summed E-state index contributed by atoms with van der Waals surface area (Å²) in [7, 11) is 1.56. The number of carboxylic acid groups (broad SMARTS) is 1. The van der Waals surface area contributed by atoms with Crippen LogP contribution in [0.4, 0.5) is 0 Å². The smallest absolute Gasteiger partial charge is 0.339 e. The predicted octanol–water partition coefficient (Wildman–Crippen LogP) is 2.67.